The minimum Gasteiger partial charge on any atom is -0.355 e. The highest BCUT2D eigenvalue weighted by atomic mass is 16.2. The third-order valence-electron chi connectivity index (χ3n) is 3.33. The van der Waals surface area contributed by atoms with Crippen LogP contribution in [0.25, 0.3) is 0 Å². The van der Waals surface area contributed by atoms with Crippen LogP contribution in [0, 0.1) is 5.41 Å². The summed E-state index contributed by atoms with van der Waals surface area (Å²) in [6.45, 7) is 9.54. The smallest absolute Gasteiger partial charge is 0.234 e. The van der Waals surface area contributed by atoms with E-state index in [1.165, 1.54) is 0 Å². The van der Waals surface area contributed by atoms with E-state index in [1.807, 2.05) is 0 Å². The van der Waals surface area contributed by atoms with Crippen LogP contribution in [0.1, 0.15) is 33.6 Å². The molecule has 0 aromatic carbocycles. The van der Waals surface area contributed by atoms with Gasteiger partial charge >= 0.3 is 0 Å². The number of carbonyl (C=O) groups is 1. The van der Waals surface area contributed by atoms with Crippen LogP contribution in [0.15, 0.2) is 0 Å². The van der Waals surface area contributed by atoms with E-state index in [-0.39, 0.29) is 17.4 Å². The van der Waals surface area contributed by atoms with Crippen molar-refractivity contribution < 1.29 is 4.79 Å². The zero-order valence-corrected chi connectivity index (χ0v) is 10.8. The third-order valence-corrected chi connectivity index (χ3v) is 3.33. The quantitative estimate of drug-likeness (QED) is 0.738. The molecule has 1 aliphatic rings. The summed E-state index contributed by atoms with van der Waals surface area (Å²) in [5, 5.41) is 2.91. The molecule has 0 bridgehead atoms. The van der Waals surface area contributed by atoms with E-state index in [0.29, 0.717) is 6.54 Å². The number of amides is 1. The maximum absolute atomic E-state index is 11.6. The highest BCUT2D eigenvalue weighted by molar-refractivity contribution is 5.77. The summed E-state index contributed by atoms with van der Waals surface area (Å²) in [6.07, 6.45) is 1.97. The molecule has 0 aromatic rings. The second-order valence-corrected chi connectivity index (χ2v) is 5.44. The maximum Gasteiger partial charge on any atom is 0.234 e. The van der Waals surface area contributed by atoms with E-state index in [2.05, 4.69) is 31.0 Å². The number of nitrogens with two attached hydrogens (primary N) is 1. The standard InChI is InChI=1S/C12H25N3O/c1-4-6-14-11(16)8-15-7-5-10(13)12(2,3)9-15/h10H,4-9,13H2,1-3H3,(H,14,16). The van der Waals surface area contributed by atoms with Gasteiger partial charge in [-0.1, -0.05) is 20.8 Å². The van der Waals surface area contributed by atoms with Crippen LogP contribution in [0.4, 0.5) is 0 Å². The Balaban J connectivity index is 2.36. The van der Waals surface area contributed by atoms with Gasteiger partial charge in [0.25, 0.3) is 0 Å². The molecule has 1 aliphatic heterocycles. The first-order valence-electron chi connectivity index (χ1n) is 6.20. The van der Waals surface area contributed by atoms with Gasteiger partial charge in [-0.15, -0.1) is 0 Å². The van der Waals surface area contributed by atoms with Crippen LogP contribution in [-0.4, -0.2) is 43.0 Å². The molecular weight excluding hydrogens is 202 g/mol. The lowest BCUT2D eigenvalue weighted by Crippen LogP contribution is -2.54. The first-order valence-corrected chi connectivity index (χ1v) is 6.20. The first-order chi connectivity index (χ1) is 7.45. The number of piperidine rings is 1. The molecule has 0 radical (unpaired) electrons. The van der Waals surface area contributed by atoms with Gasteiger partial charge in [0.15, 0.2) is 0 Å². The molecule has 1 atom stereocenters. The Morgan fingerprint density at radius 2 is 2.25 bits per heavy atom. The van der Waals surface area contributed by atoms with Gasteiger partial charge in [0.2, 0.25) is 5.91 Å². The van der Waals surface area contributed by atoms with Crippen molar-refractivity contribution in [1.29, 1.82) is 0 Å². The molecule has 4 heteroatoms. The number of rotatable bonds is 4. The maximum atomic E-state index is 11.6. The Kier molecular flexibility index (Phi) is 4.74. The topological polar surface area (TPSA) is 58.4 Å². The molecule has 1 saturated heterocycles. The minimum absolute atomic E-state index is 0.114. The van der Waals surface area contributed by atoms with Gasteiger partial charge in [-0.3, -0.25) is 9.69 Å². The van der Waals surface area contributed by atoms with Crippen LogP contribution < -0.4 is 11.1 Å². The molecule has 1 heterocycles. The zero-order chi connectivity index (χ0) is 12.2. The Morgan fingerprint density at radius 1 is 1.56 bits per heavy atom. The second kappa shape index (κ2) is 5.64. The molecule has 16 heavy (non-hydrogen) atoms. The van der Waals surface area contributed by atoms with Gasteiger partial charge in [-0.05, 0) is 18.3 Å². The number of likely N-dealkylation sites (tertiary alicyclic amines) is 1. The van der Waals surface area contributed by atoms with E-state index in [4.69, 9.17) is 5.73 Å². The number of nitrogens with one attached hydrogen (secondary N) is 1. The molecule has 0 saturated carbocycles. The molecule has 0 aliphatic carbocycles. The predicted octanol–water partition coefficient (Wildman–Crippen LogP) is 0.572. The van der Waals surface area contributed by atoms with E-state index < -0.39 is 0 Å². The van der Waals surface area contributed by atoms with Gasteiger partial charge < -0.3 is 11.1 Å². The summed E-state index contributed by atoms with van der Waals surface area (Å²) < 4.78 is 0. The van der Waals surface area contributed by atoms with Crippen molar-refractivity contribution in [2.45, 2.75) is 39.7 Å². The molecule has 1 amide bonds. The summed E-state index contributed by atoms with van der Waals surface area (Å²) in [4.78, 5) is 13.8. The molecule has 4 nitrogen and oxygen atoms in total. The zero-order valence-electron chi connectivity index (χ0n) is 10.8. The third kappa shape index (κ3) is 3.76. The molecule has 0 aromatic heterocycles. The fourth-order valence-electron chi connectivity index (χ4n) is 2.14. The lowest BCUT2D eigenvalue weighted by Gasteiger charge is -2.42. The monoisotopic (exact) mass is 227 g/mol. The van der Waals surface area contributed by atoms with Crippen LogP contribution >= 0.6 is 0 Å². The van der Waals surface area contributed by atoms with Crippen molar-refractivity contribution in [3.05, 3.63) is 0 Å². The molecule has 1 unspecified atom stereocenters. The van der Waals surface area contributed by atoms with E-state index in [1.54, 1.807) is 0 Å². The first kappa shape index (κ1) is 13.5. The Morgan fingerprint density at radius 3 is 2.81 bits per heavy atom. The van der Waals surface area contributed by atoms with Crippen LogP contribution in [-0.2, 0) is 4.79 Å². The van der Waals surface area contributed by atoms with Crippen molar-refractivity contribution in [1.82, 2.24) is 10.2 Å². The fourth-order valence-corrected chi connectivity index (χ4v) is 2.14. The average molecular weight is 227 g/mol. The summed E-state index contributed by atoms with van der Waals surface area (Å²) in [6, 6.07) is 0.252. The van der Waals surface area contributed by atoms with E-state index in [9.17, 15) is 4.79 Å². The Bertz CT molecular complexity index is 240. The van der Waals surface area contributed by atoms with Gasteiger partial charge in [-0.2, -0.15) is 0 Å². The van der Waals surface area contributed by atoms with Gasteiger partial charge in [0.1, 0.15) is 0 Å². The largest absolute Gasteiger partial charge is 0.355 e. The van der Waals surface area contributed by atoms with Crippen LogP contribution in [0.2, 0.25) is 0 Å². The number of hydrogen-bond acceptors (Lipinski definition) is 3. The highest BCUT2D eigenvalue weighted by Gasteiger charge is 2.33. The van der Waals surface area contributed by atoms with E-state index in [0.717, 1.165) is 32.5 Å². The Hall–Kier alpha value is -0.610. The molecular formula is C12H25N3O. The van der Waals surface area contributed by atoms with Crippen LogP contribution in [0.5, 0.6) is 0 Å². The SMILES string of the molecule is CCCNC(=O)CN1CCC(N)C(C)(C)C1. The van der Waals surface area contributed by atoms with Crippen molar-refractivity contribution >= 4 is 5.91 Å². The van der Waals surface area contributed by atoms with Crippen LogP contribution in [0.3, 0.4) is 0 Å². The van der Waals surface area contributed by atoms with Crippen molar-refractivity contribution in [3.8, 4) is 0 Å². The van der Waals surface area contributed by atoms with Crippen molar-refractivity contribution in [3.63, 3.8) is 0 Å². The van der Waals surface area contributed by atoms with Gasteiger partial charge in [-0.25, -0.2) is 0 Å². The van der Waals surface area contributed by atoms with Gasteiger partial charge in [0.05, 0.1) is 6.54 Å². The molecule has 3 N–H and O–H groups in total. The molecule has 1 rings (SSSR count). The number of hydrogen-bond donors (Lipinski definition) is 2. The lowest BCUT2D eigenvalue weighted by molar-refractivity contribution is -0.123. The molecule has 0 spiro atoms. The second-order valence-electron chi connectivity index (χ2n) is 5.44. The Labute approximate surface area is 98.6 Å². The number of carbonyl (C=O) groups excluding carboxylic acids is 1. The minimum atomic E-state index is 0.114. The summed E-state index contributed by atoms with van der Waals surface area (Å²) in [5.41, 5.74) is 6.17. The predicted molar refractivity (Wildman–Crippen MR) is 66.1 cm³/mol. The normalized spacial score (nSPS) is 25.4. The molecule has 94 valence electrons. The number of nitrogens with zero attached hydrogens (tertiary/aromatic N) is 1. The summed E-state index contributed by atoms with van der Waals surface area (Å²) in [5.74, 6) is 0.133. The highest BCUT2D eigenvalue weighted by Crippen LogP contribution is 2.27. The summed E-state index contributed by atoms with van der Waals surface area (Å²) in [7, 11) is 0. The average Bonchev–Trinajstić information content (AvgIpc) is 2.20. The van der Waals surface area contributed by atoms with E-state index >= 15 is 0 Å². The lowest BCUT2D eigenvalue weighted by atomic mass is 9.80. The van der Waals surface area contributed by atoms with Gasteiger partial charge in [0, 0.05) is 25.7 Å². The molecule has 1 fully saturated rings. The van der Waals surface area contributed by atoms with Crippen molar-refractivity contribution in [2.75, 3.05) is 26.2 Å². The van der Waals surface area contributed by atoms with Crippen molar-refractivity contribution in [2.24, 2.45) is 11.1 Å². The summed E-state index contributed by atoms with van der Waals surface area (Å²) >= 11 is 0. The fraction of sp³-hybridized carbons (Fsp3) is 0.917.